The highest BCUT2D eigenvalue weighted by Crippen LogP contribution is 2.14. The Kier molecular flexibility index (Phi) is 11.5. The monoisotopic (exact) mass is 270 g/mol. The fraction of sp³-hybridized carbons (Fsp3) is 1.00. The van der Waals surface area contributed by atoms with Gasteiger partial charge in [0, 0.05) is 0 Å². The standard InChI is InChI=1S/C17H34O2/c1-2-3-4-5-6-7-8-9-10-11-12-13-17-16-18-14-15-19-17/h17H,2-16H2,1H3. The van der Waals surface area contributed by atoms with Crippen molar-refractivity contribution < 1.29 is 9.47 Å². The smallest absolute Gasteiger partial charge is 0.0809 e. The van der Waals surface area contributed by atoms with E-state index in [1.807, 2.05) is 0 Å². The molecule has 1 fully saturated rings. The van der Waals surface area contributed by atoms with Gasteiger partial charge in [0.05, 0.1) is 25.9 Å². The van der Waals surface area contributed by atoms with Crippen LogP contribution in [0.5, 0.6) is 0 Å². The predicted molar refractivity (Wildman–Crippen MR) is 81.6 cm³/mol. The Hall–Kier alpha value is -0.0800. The normalized spacial score (nSPS) is 19.7. The third-order valence-corrected chi connectivity index (χ3v) is 4.01. The first kappa shape index (κ1) is 17.0. The van der Waals surface area contributed by atoms with Gasteiger partial charge in [0.1, 0.15) is 0 Å². The summed E-state index contributed by atoms with van der Waals surface area (Å²) in [5, 5.41) is 0. The molecule has 114 valence electrons. The quantitative estimate of drug-likeness (QED) is 0.459. The molecule has 1 saturated heterocycles. The van der Waals surface area contributed by atoms with E-state index in [0.29, 0.717) is 6.10 Å². The Morgan fingerprint density at radius 2 is 1.32 bits per heavy atom. The van der Waals surface area contributed by atoms with E-state index in [0.717, 1.165) is 19.8 Å². The van der Waals surface area contributed by atoms with Crippen molar-refractivity contribution in [1.29, 1.82) is 0 Å². The SMILES string of the molecule is CCCCCCCCCCCCCC1COCCO1. The van der Waals surface area contributed by atoms with Gasteiger partial charge in [-0.05, 0) is 6.42 Å². The third-order valence-electron chi connectivity index (χ3n) is 4.01. The van der Waals surface area contributed by atoms with E-state index >= 15 is 0 Å². The molecule has 0 saturated carbocycles. The van der Waals surface area contributed by atoms with Gasteiger partial charge in [-0.3, -0.25) is 0 Å². The molecule has 1 aliphatic heterocycles. The molecule has 2 nitrogen and oxygen atoms in total. The number of hydrogen-bond acceptors (Lipinski definition) is 2. The van der Waals surface area contributed by atoms with Crippen molar-refractivity contribution in [3.63, 3.8) is 0 Å². The van der Waals surface area contributed by atoms with Crippen molar-refractivity contribution >= 4 is 0 Å². The van der Waals surface area contributed by atoms with Crippen LogP contribution in [0.2, 0.25) is 0 Å². The van der Waals surface area contributed by atoms with Crippen molar-refractivity contribution in [1.82, 2.24) is 0 Å². The zero-order valence-corrected chi connectivity index (χ0v) is 13.0. The number of unbranched alkanes of at least 4 members (excludes halogenated alkanes) is 10. The molecule has 19 heavy (non-hydrogen) atoms. The van der Waals surface area contributed by atoms with E-state index in [-0.39, 0.29) is 0 Å². The number of hydrogen-bond donors (Lipinski definition) is 0. The average molecular weight is 270 g/mol. The molecule has 0 amide bonds. The molecule has 1 unspecified atom stereocenters. The van der Waals surface area contributed by atoms with Crippen molar-refractivity contribution in [3.05, 3.63) is 0 Å². The lowest BCUT2D eigenvalue weighted by Gasteiger charge is -2.22. The van der Waals surface area contributed by atoms with Crippen molar-refractivity contribution in [3.8, 4) is 0 Å². The molecule has 0 aliphatic carbocycles. The van der Waals surface area contributed by atoms with Crippen LogP contribution in [-0.4, -0.2) is 25.9 Å². The maximum absolute atomic E-state index is 5.64. The van der Waals surface area contributed by atoms with Gasteiger partial charge >= 0.3 is 0 Å². The maximum atomic E-state index is 5.64. The lowest BCUT2D eigenvalue weighted by atomic mass is 10.0. The van der Waals surface area contributed by atoms with Gasteiger partial charge in [-0.1, -0.05) is 77.6 Å². The lowest BCUT2D eigenvalue weighted by molar-refractivity contribution is -0.0912. The molecular formula is C17H34O2. The maximum Gasteiger partial charge on any atom is 0.0809 e. The highest BCUT2D eigenvalue weighted by atomic mass is 16.6. The topological polar surface area (TPSA) is 18.5 Å². The summed E-state index contributed by atoms with van der Waals surface area (Å²) in [7, 11) is 0. The Bertz CT molecular complexity index is 176. The summed E-state index contributed by atoms with van der Waals surface area (Å²) in [4.78, 5) is 0. The summed E-state index contributed by atoms with van der Waals surface area (Å²) in [6.07, 6.45) is 17.1. The average Bonchev–Trinajstić information content (AvgIpc) is 2.46. The molecule has 0 aromatic rings. The first-order valence-electron chi connectivity index (χ1n) is 8.63. The molecule has 1 aliphatic rings. The first-order valence-corrected chi connectivity index (χ1v) is 8.63. The summed E-state index contributed by atoms with van der Waals surface area (Å²) in [6, 6.07) is 0. The molecule has 0 aromatic carbocycles. The predicted octanol–water partition coefficient (Wildman–Crippen LogP) is 5.10. The molecule has 2 heteroatoms. The first-order chi connectivity index (χ1) is 9.43. The highest BCUT2D eigenvalue weighted by Gasteiger charge is 2.12. The van der Waals surface area contributed by atoms with E-state index < -0.39 is 0 Å². The van der Waals surface area contributed by atoms with Crippen molar-refractivity contribution in [2.24, 2.45) is 0 Å². The molecule has 0 spiro atoms. The minimum Gasteiger partial charge on any atom is -0.376 e. The van der Waals surface area contributed by atoms with E-state index in [2.05, 4.69) is 6.92 Å². The van der Waals surface area contributed by atoms with Crippen LogP contribution in [0.3, 0.4) is 0 Å². The van der Waals surface area contributed by atoms with Crippen LogP contribution < -0.4 is 0 Å². The molecule has 0 bridgehead atoms. The van der Waals surface area contributed by atoms with Crippen LogP contribution in [0.1, 0.15) is 84.0 Å². The van der Waals surface area contributed by atoms with Crippen molar-refractivity contribution in [2.75, 3.05) is 19.8 Å². The van der Waals surface area contributed by atoms with Crippen LogP contribution in [0.25, 0.3) is 0 Å². The molecular weight excluding hydrogens is 236 g/mol. The molecule has 0 N–H and O–H groups in total. The zero-order chi connectivity index (χ0) is 13.6. The van der Waals surface area contributed by atoms with Gasteiger partial charge in [0.15, 0.2) is 0 Å². The Labute approximate surface area is 120 Å². The Balaban J connectivity index is 1.71. The second kappa shape index (κ2) is 12.9. The van der Waals surface area contributed by atoms with Crippen LogP contribution in [0.4, 0.5) is 0 Å². The van der Waals surface area contributed by atoms with Gasteiger partial charge in [0.25, 0.3) is 0 Å². The van der Waals surface area contributed by atoms with Crippen LogP contribution in [0.15, 0.2) is 0 Å². The van der Waals surface area contributed by atoms with E-state index in [1.54, 1.807) is 0 Å². The molecule has 0 radical (unpaired) electrons. The second-order valence-corrected chi connectivity index (χ2v) is 5.89. The van der Waals surface area contributed by atoms with E-state index in [4.69, 9.17) is 9.47 Å². The summed E-state index contributed by atoms with van der Waals surface area (Å²) in [6.45, 7) is 4.68. The molecule has 1 heterocycles. The molecule has 1 rings (SSSR count). The second-order valence-electron chi connectivity index (χ2n) is 5.89. The van der Waals surface area contributed by atoms with Crippen LogP contribution >= 0.6 is 0 Å². The molecule has 0 aromatic heterocycles. The van der Waals surface area contributed by atoms with Crippen LogP contribution in [-0.2, 0) is 9.47 Å². The minimum atomic E-state index is 0.382. The van der Waals surface area contributed by atoms with Crippen molar-refractivity contribution in [2.45, 2.75) is 90.1 Å². The third kappa shape index (κ3) is 10.4. The number of ether oxygens (including phenoxy) is 2. The molecule has 1 atom stereocenters. The fourth-order valence-corrected chi connectivity index (χ4v) is 2.74. The minimum absolute atomic E-state index is 0.382. The highest BCUT2D eigenvalue weighted by molar-refractivity contribution is 4.61. The van der Waals surface area contributed by atoms with Gasteiger partial charge in [-0.25, -0.2) is 0 Å². The largest absolute Gasteiger partial charge is 0.376 e. The summed E-state index contributed by atoms with van der Waals surface area (Å²) in [5.41, 5.74) is 0. The fourth-order valence-electron chi connectivity index (χ4n) is 2.74. The summed E-state index contributed by atoms with van der Waals surface area (Å²) < 4.78 is 11.1. The van der Waals surface area contributed by atoms with Gasteiger partial charge in [-0.15, -0.1) is 0 Å². The Morgan fingerprint density at radius 3 is 1.84 bits per heavy atom. The van der Waals surface area contributed by atoms with E-state index in [1.165, 1.54) is 77.0 Å². The summed E-state index contributed by atoms with van der Waals surface area (Å²) in [5.74, 6) is 0. The zero-order valence-electron chi connectivity index (χ0n) is 13.0. The van der Waals surface area contributed by atoms with Gasteiger partial charge in [-0.2, -0.15) is 0 Å². The lowest BCUT2D eigenvalue weighted by Crippen LogP contribution is -2.28. The Morgan fingerprint density at radius 1 is 0.737 bits per heavy atom. The van der Waals surface area contributed by atoms with Gasteiger partial charge < -0.3 is 9.47 Å². The summed E-state index contributed by atoms with van der Waals surface area (Å²) >= 11 is 0. The van der Waals surface area contributed by atoms with Crippen LogP contribution in [0, 0.1) is 0 Å². The number of rotatable bonds is 12. The van der Waals surface area contributed by atoms with Gasteiger partial charge in [0.2, 0.25) is 0 Å². The van der Waals surface area contributed by atoms with E-state index in [9.17, 15) is 0 Å².